The van der Waals surface area contributed by atoms with E-state index >= 15 is 0 Å². The average Bonchev–Trinajstić information content (AvgIpc) is 2.46. The van der Waals surface area contributed by atoms with E-state index in [0.717, 1.165) is 34.7 Å². The Hall–Kier alpha value is -2.07. The number of pyridine rings is 1. The van der Waals surface area contributed by atoms with Crippen LogP contribution in [0.2, 0.25) is 0 Å². The van der Waals surface area contributed by atoms with Crippen molar-refractivity contribution in [2.45, 2.75) is 32.9 Å². The van der Waals surface area contributed by atoms with Gasteiger partial charge in [-0.25, -0.2) is 0 Å². The van der Waals surface area contributed by atoms with E-state index in [1.165, 1.54) is 0 Å². The van der Waals surface area contributed by atoms with Crippen LogP contribution in [-0.4, -0.2) is 18.1 Å². The van der Waals surface area contributed by atoms with Crippen LogP contribution in [0.25, 0.3) is 0 Å². The molecule has 112 valence electrons. The molecule has 1 heterocycles. The van der Waals surface area contributed by atoms with Crippen molar-refractivity contribution in [1.29, 1.82) is 0 Å². The number of nitrogens with two attached hydrogens (primary N) is 1. The topological polar surface area (TPSA) is 57.4 Å². The molecule has 0 aliphatic heterocycles. The van der Waals surface area contributed by atoms with Gasteiger partial charge in [-0.3, -0.25) is 4.98 Å². The lowest BCUT2D eigenvalue weighted by molar-refractivity contribution is 0.279. The summed E-state index contributed by atoms with van der Waals surface area (Å²) in [4.78, 5) is 4.33. The number of aryl methyl sites for hydroxylation is 1. The molecular weight excluding hydrogens is 264 g/mol. The Morgan fingerprint density at radius 2 is 2.05 bits per heavy atom. The lowest BCUT2D eigenvalue weighted by atomic mass is 10.1. The van der Waals surface area contributed by atoms with Crippen LogP contribution in [0.3, 0.4) is 0 Å². The Morgan fingerprint density at radius 3 is 2.71 bits per heavy atom. The number of ether oxygens (including phenoxy) is 2. The van der Waals surface area contributed by atoms with Crippen LogP contribution in [0.15, 0.2) is 36.5 Å². The van der Waals surface area contributed by atoms with Crippen LogP contribution < -0.4 is 15.2 Å². The molecule has 0 saturated carbocycles. The molecule has 21 heavy (non-hydrogen) atoms. The fourth-order valence-electron chi connectivity index (χ4n) is 2.15. The zero-order valence-corrected chi connectivity index (χ0v) is 12.8. The minimum Gasteiger partial charge on any atom is -0.493 e. The maximum atomic E-state index is 5.89. The van der Waals surface area contributed by atoms with Gasteiger partial charge in [-0.1, -0.05) is 12.1 Å². The quantitative estimate of drug-likeness (QED) is 0.887. The van der Waals surface area contributed by atoms with Gasteiger partial charge < -0.3 is 15.2 Å². The summed E-state index contributed by atoms with van der Waals surface area (Å²) in [5.74, 6) is 1.44. The van der Waals surface area contributed by atoms with Crippen molar-refractivity contribution in [3.63, 3.8) is 0 Å². The Bertz CT molecular complexity index is 597. The third kappa shape index (κ3) is 4.20. The van der Waals surface area contributed by atoms with Gasteiger partial charge in [0.15, 0.2) is 11.5 Å². The number of benzene rings is 1. The van der Waals surface area contributed by atoms with E-state index in [2.05, 4.69) is 4.98 Å². The Morgan fingerprint density at radius 1 is 1.24 bits per heavy atom. The molecule has 0 amide bonds. The molecule has 1 unspecified atom stereocenters. The first-order valence-corrected chi connectivity index (χ1v) is 7.06. The predicted molar refractivity (Wildman–Crippen MR) is 83.7 cm³/mol. The molecule has 0 aliphatic carbocycles. The van der Waals surface area contributed by atoms with E-state index in [9.17, 15) is 0 Å². The molecule has 2 aromatic rings. The lowest BCUT2D eigenvalue weighted by Crippen LogP contribution is -2.17. The molecule has 0 bridgehead atoms. The number of methoxy groups -OCH3 is 1. The number of nitrogens with zero attached hydrogens (tertiary/aromatic N) is 1. The van der Waals surface area contributed by atoms with Gasteiger partial charge >= 0.3 is 0 Å². The molecule has 2 rings (SSSR count). The van der Waals surface area contributed by atoms with Gasteiger partial charge in [0.1, 0.15) is 6.61 Å². The van der Waals surface area contributed by atoms with E-state index in [0.29, 0.717) is 6.61 Å². The van der Waals surface area contributed by atoms with Crippen molar-refractivity contribution in [3.05, 3.63) is 53.3 Å². The highest BCUT2D eigenvalue weighted by Crippen LogP contribution is 2.29. The number of rotatable bonds is 6. The summed E-state index contributed by atoms with van der Waals surface area (Å²) in [5.41, 5.74) is 9.03. The highest BCUT2D eigenvalue weighted by Gasteiger charge is 2.08. The van der Waals surface area contributed by atoms with Crippen LogP contribution in [0, 0.1) is 6.92 Å². The van der Waals surface area contributed by atoms with Crippen molar-refractivity contribution in [1.82, 2.24) is 4.98 Å². The van der Waals surface area contributed by atoms with Crippen molar-refractivity contribution in [3.8, 4) is 11.5 Å². The second-order valence-electron chi connectivity index (χ2n) is 5.22. The van der Waals surface area contributed by atoms with Gasteiger partial charge in [0.05, 0.1) is 12.8 Å². The van der Waals surface area contributed by atoms with Crippen LogP contribution in [0.4, 0.5) is 0 Å². The molecule has 0 saturated heterocycles. The molecule has 4 nitrogen and oxygen atoms in total. The average molecular weight is 286 g/mol. The van der Waals surface area contributed by atoms with E-state index < -0.39 is 0 Å². The van der Waals surface area contributed by atoms with Gasteiger partial charge in [0, 0.05) is 12.2 Å². The first-order chi connectivity index (χ1) is 10.1. The Kier molecular flexibility index (Phi) is 5.17. The number of hydrogen-bond donors (Lipinski definition) is 1. The summed E-state index contributed by atoms with van der Waals surface area (Å²) in [5, 5.41) is 0. The highest BCUT2D eigenvalue weighted by atomic mass is 16.5. The van der Waals surface area contributed by atoms with Crippen LogP contribution in [-0.2, 0) is 13.0 Å². The predicted octanol–water partition coefficient (Wildman–Crippen LogP) is 2.87. The molecule has 0 spiro atoms. The van der Waals surface area contributed by atoms with Crippen LogP contribution in [0.1, 0.15) is 23.7 Å². The van der Waals surface area contributed by atoms with Gasteiger partial charge in [0.2, 0.25) is 0 Å². The molecule has 0 aliphatic rings. The normalized spacial score (nSPS) is 12.0. The van der Waals surface area contributed by atoms with Crippen molar-refractivity contribution in [2.75, 3.05) is 7.11 Å². The van der Waals surface area contributed by atoms with E-state index in [1.807, 2.05) is 44.2 Å². The molecule has 0 radical (unpaired) electrons. The second-order valence-corrected chi connectivity index (χ2v) is 5.22. The monoisotopic (exact) mass is 286 g/mol. The standard InChI is InChI=1S/C17H22N2O2/c1-12-5-4-8-19-15(12)11-21-17-10-14(9-13(2)18)6-7-16(17)20-3/h4-8,10,13H,9,11,18H2,1-3H3. The highest BCUT2D eigenvalue weighted by molar-refractivity contribution is 5.43. The molecule has 2 N–H and O–H groups in total. The smallest absolute Gasteiger partial charge is 0.162 e. The maximum Gasteiger partial charge on any atom is 0.162 e. The number of hydrogen-bond acceptors (Lipinski definition) is 4. The summed E-state index contributed by atoms with van der Waals surface area (Å²) in [6.07, 6.45) is 2.58. The third-order valence-corrected chi connectivity index (χ3v) is 3.27. The van der Waals surface area contributed by atoms with Crippen molar-refractivity contribution >= 4 is 0 Å². The minimum absolute atomic E-state index is 0.115. The van der Waals surface area contributed by atoms with Crippen LogP contribution >= 0.6 is 0 Å². The van der Waals surface area contributed by atoms with Gasteiger partial charge in [-0.2, -0.15) is 0 Å². The summed E-state index contributed by atoms with van der Waals surface area (Å²) in [7, 11) is 1.64. The fraction of sp³-hybridized carbons (Fsp3) is 0.353. The van der Waals surface area contributed by atoms with E-state index in [-0.39, 0.29) is 6.04 Å². The third-order valence-electron chi connectivity index (χ3n) is 3.27. The molecule has 1 aromatic heterocycles. The molecule has 1 aromatic carbocycles. The fourth-order valence-corrected chi connectivity index (χ4v) is 2.15. The lowest BCUT2D eigenvalue weighted by Gasteiger charge is -2.13. The second kappa shape index (κ2) is 7.09. The zero-order valence-electron chi connectivity index (χ0n) is 12.8. The van der Waals surface area contributed by atoms with E-state index in [1.54, 1.807) is 13.3 Å². The largest absolute Gasteiger partial charge is 0.493 e. The molecular formula is C17H22N2O2. The van der Waals surface area contributed by atoms with Gasteiger partial charge in [0.25, 0.3) is 0 Å². The van der Waals surface area contributed by atoms with E-state index in [4.69, 9.17) is 15.2 Å². The zero-order chi connectivity index (χ0) is 15.2. The molecule has 0 fully saturated rings. The summed E-state index contributed by atoms with van der Waals surface area (Å²) >= 11 is 0. The molecule has 1 atom stereocenters. The van der Waals surface area contributed by atoms with Crippen molar-refractivity contribution < 1.29 is 9.47 Å². The maximum absolute atomic E-state index is 5.89. The number of aromatic nitrogens is 1. The van der Waals surface area contributed by atoms with Gasteiger partial charge in [-0.05, 0) is 49.6 Å². The molecule has 4 heteroatoms. The van der Waals surface area contributed by atoms with Gasteiger partial charge in [-0.15, -0.1) is 0 Å². The SMILES string of the molecule is COc1ccc(CC(C)N)cc1OCc1ncccc1C. The summed E-state index contributed by atoms with van der Waals surface area (Å²) in [6.45, 7) is 4.43. The minimum atomic E-state index is 0.115. The summed E-state index contributed by atoms with van der Waals surface area (Å²) < 4.78 is 11.2. The Labute approximate surface area is 125 Å². The summed E-state index contributed by atoms with van der Waals surface area (Å²) in [6, 6.07) is 9.97. The first-order valence-electron chi connectivity index (χ1n) is 7.06. The Balaban J connectivity index is 2.15. The van der Waals surface area contributed by atoms with Crippen LogP contribution in [0.5, 0.6) is 11.5 Å². The first kappa shape index (κ1) is 15.3. The van der Waals surface area contributed by atoms with Crippen molar-refractivity contribution in [2.24, 2.45) is 5.73 Å².